The number of aryl methyl sites for hydroxylation is 1. The van der Waals surface area contributed by atoms with Crippen molar-refractivity contribution >= 4 is 34.7 Å². The number of furan rings is 1. The number of amides is 3. The first-order chi connectivity index (χ1) is 16.0. The lowest BCUT2D eigenvalue weighted by molar-refractivity contribution is -0.138. The van der Waals surface area contributed by atoms with Crippen LogP contribution in [-0.4, -0.2) is 53.7 Å². The fourth-order valence-corrected chi connectivity index (χ4v) is 5.55. The van der Waals surface area contributed by atoms with Gasteiger partial charge in [-0.05, 0) is 42.6 Å². The number of anilines is 1. The normalized spacial score (nSPS) is 21.0. The van der Waals surface area contributed by atoms with Crippen LogP contribution in [0.4, 0.5) is 5.69 Å². The van der Waals surface area contributed by atoms with Crippen molar-refractivity contribution in [1.82, 2.24) is 9.80 Å². The lowest BCUT2D eigenvalue weighted by Gasteiger charge is -2.36. The lowest BCUT2D eigenvalue weighted by atomic mass is 9.96. The monoisotopic (exact) mass is 463 g/mol. The van der Waals surface area contributed by atoms with Crippen LogP contribution >= 0.6 is 11.3 Å². The molecule has 8 heteroatoms. The molecule has 0 N–H and O–H groups in total. The summed E-state index contributed by atoms with van der Waals surface area (Å²) >= 11 is 1.57. The molecule has 170 valence electrons. The number of benzene rings is 1. The van der Waals surface area contributed by atoms with Gasteiger partial charge in [0.1, 0.15) is 0 Å². The van der Waals surface area contributed by atoms with E-state index in [1.54, 1.807) is 38.2 Å². The first kappa shape index (κ1) is 21.5. The lowest BCUT2D eigenvalue weighted by Crippen LogP contribution is -2.52. The first-order valence-corrected chi connectivity index (χ1v) is 11.9. The summed E-state index contributed by atoms with van der Waals surface area (Å²) in [6.07, 6.45) is 1.66. The van der Waals surface area contributed by atoms with Crippen molar-refractivity contribution in [3.05, 3.63) is 76.4 Å². The standard InChI is InChI=1S/C25H25N3O4S/c1-17-6-8-18(9-7-17)28-22(29)16-19(23(28)21-5-3-15-33-21)24(30)26-10-12-27(13-11-26)25(31)20-4-2-14-32-20/h2-9,14-15,19,23H,10-13,16H2,1H3. The van der Waals surface area contributed by atoms with E-state index < -0.39 is 5.92 Å². The third-order valence-corrected chi connectivity index (χ3v) is 7.34. The highest BCUT2D eigenvalue weighted by atomic mass is 32.1. The second-order valence-corrected chi connectivity index (χ2v) is 9.44. The molecule has 4 heterocycles. The number of nitrogens with zero attached hydrogens (tertiary/aromatic N) is 3. The highest BCUT2D eigenvalue weighted by Crippen LogP contribution is 2.43. The molecule has 1 aromatic carbocycles. The molecule has 2 fully saturated rings. The van der Waals surface area contributed by atoms with Crippen LogP contribution in [-0.2, 0) is 9.59 Å². The number of carbonyl (C=O) groups is 3. The second kappa shape index (κ2) is 8.86. The van der Waals surface area contributed by atoms with E-state index in [0.29, 0.717) is 31.9 Å². The van der Waals surface area contributed by atoms with Gasteiger partial charge in [-0.3, -0.25) is 14.4 Å². The zero-order valence-electron chi connectivity index (χ0n) is 18.3. The van der Waals surface area contributed by atoms with Crippen LogP contribution in [0, 0.1) is 12.8 Å². The molecule has 2 aliphatic heterocycles. The van der Waals surface area contributed by atoms with E-state index in [9.17, 15) is 14.4 Å². The van der Waals surface area contributed by atoms with Crippen LogP contribution in [0.1, 0.15) is 33.5 Å². The summed E-state index contributed by atoms with van der Waals surface area (Å²) in [5, 5.41) is 1.98. The quantitative estimate of drug-likeness (QED) is 0.591. The van der Waals surface area contributed by atoms with Crippen LogP contribution in [0.15, 0.2) is 64.6 Å². The summed E-state index contributed by atoms with van der Waals surface area (Å²) in [5.41, 5.74) is 1.93. The third-order valence-electron chi connectivity index (χ3n) is 6.40. The van der Waals surface area contributed by atoms with Gasteiger partial charge < -0.3 is 19.1 Å². The Bertz CT molecular complexity index is 1130. The van der Waals surface area contributed by atoms with E-state index in [4.69, 9.17) is 4.42 Å². The Kier molecular flexibility index (Phi) is 5.76. The molecule has 3 aromatic rings. The predicted octanol–water partition coefficient (Wildman–Crippen LogP) is 3.73. The average Bonchev–Trinajstić information content (AvgIpc) is 3.60. The Morgan fingerprint density at radius 3 is 2.33 bits per heavy atom. The summed E-state index contributed by atoms with van der Waals surface area (Å²) < 4.78 is 5.22. The van der Waals surface area contributed by atoms with Gasteiger partial charge in [-0.15, -0.1) is 11.3 Å². The van der Waals surface area contributed by atoms with Crippen molar-refractivity contribution in [2.75, 3.05) is 31.1 Å². The number of thiophene rings is 1. The molecule has 7 nitrogen and oxygen atoms in total. The molecular formula is C25H25N3O4S. The van der Waals surface area contributed by atoms with Crippen molar-refractivity contribution in [2.24, 2.45) is 5.92 Å². The van der Waals surface area contributed by atoms with Gasteiger partial charge in [-0.1, -0.05) is 23.8 Å². The molecule has 2 aromatic heterocycles. The molecule has 33 heavy (non-hydrogen) atoms. The van der Waals surface area contributed by atoms with Crippen molar-refractivity contribution in [3.63, 3.8) is 0 Å². The van der Waals surface area contributed by atoms with Gasteiger partial charge in [0.25, 0.3) is 5.91 Å². The summed E-state index contributed by atoms with van der Waals surface area (Å²) in [5.74, 6) is -0.374. The number of piperazine rings is 1. The highest BCUT2D eigenvalue weighted by Gasteiger charge is 2.47. The fourth-order valence-electron chi connectivity index (χ4n) is 4.67. The Balaban J connectivity index is 1.34. The van der Waals surface area contributed by atoms with E-state index in [1.807, 2.05) is 48.7 Å². The van der Waals surface area contributed by atoms with Crippen LogP contribution in [0.25, 0.3) is 0 Å². The highest BCUT2D eigenvalue weighted by molar-refractivity contribution is 7.10. The summed E-state index contributed by atoms with van der Waals surface area (Å²) in [7, 11) is 0. The van der Waals surface area contributed by atoms with E-state index in [1.165, 1.54) is 6.26 Å². The van der Waals surface area contributed by atoms with Crippen molar-refractivity contribution in [2.45, 2.75) is 19.4 Å². The van der Waals surface area contributed by atoms with E-state index >= 15 is 0 Å². The smallest absolute Gasteiger partial charge is 0.289 e. The average molecular weight is 464 g/mol. The fraction of sp³-hybridized carbons (Fsp3) is 0.320. The van der Waals surface area contributed by atoms with Gasteiger partial charge in [0.05, 0.1) is 18.2 Å². The van der Waals surface area contributed by atoms with Crippen molar-refractivity contribution in [3.8, 4) is 0 Å². The van der Waals surface area contributed by atoms with Gasteiger partial charge in [-0.25, -0.2) is 0 Å². The largest absolute Gasteiger partial charge is 0.459 e. The van der Waals surface area contributed by atoms with Crippen LogP contribution in [0.2, 0.25) is 0 Å². The molecular weight excluding hydrogens is 438 g/mol. The van der Waals surface area contributed by atoms with Crippen LogP contribution in [0.3, 0.4) is 0 Å². The van der Waals surface area contributed by atoms with Gasteiger partial charge >= 0.3 is 0 Å². The zero-order valence-corrected chi connectivity index (χ0v) is 19.2. The van der Waals surface area contributed by atoms with Crippen LogP contribution in [0.5, 0.6) is 0 Å². The number of hydrogen-bond acceptors (Lipinski definition) is 5. The Morgan fingerprint density at radius 2 is 1.70 bits per heavy atom. The number of hydrogen-bond donors (Lipinski definition) is 0. The summed E-state index contributed by atoms with van der Waals surface area (Å²) in [4.78, 5) is 45.6. The molecule has 0 saturated carbocycles. The second-order valence-electron chi connectivity index (χ2n) is 8.46. The maximum atomic E-state index is 13.6. The Morgan fingerprint density at radius 1 is 0.970 bits per heavy atom. The van der Waals surface area contributed by atoms with Crippen molar-refractivity contribution in [1.29, 1.82) is 0 Å². The minimum atomic E-state index is -0.454. The topological polar surface area (TPSA) is 74.1 Å². The van der Waals surface area contributed by atoms with E-state index in [2.05, 4.69) is 0 Å². The summed E-state index contributed by atoms with van der Waals surface area (Å²) in [6, 6.07) is 14.8. The molecule has 2 atom stereocenters. The predicted molar refractivity (Wildman–Crippen MR) is 125 cm³/mol. The molecule has 0 spiro atoms. The van der Waals surface area contributed by atoms with Gasteiger partial charge in [0.15, 0.2) is 5.76 Å². The maximum Gasteiger partial charge on any atom is 0.289 e. The maximum absolute atomic E-state index is 13.6. The van der Waals surface area contributed by atoms with Gasteiger partial charge in [0.2, 0.25) is 11.8 Å². The van der Waals surface area contributed by atoms with Crippen molar-refractivity contribution < 1.29 is 18.8 Å². The van der Waals surface area contributed by atoms with Crippen LogP contribution < -0.4 is 4.90 Å². The first-order valence-electron chi connectivity index (χ1n) is 11.1. The molecule has 0 bridgehead atoms. The third kappa shape index (κ3) is 4.06. The Hall–Kier alpha value is -3.39. The molecule has 0 radical (unpaired) electrons. The molecule has 5 rings (SSSR count). The zero-order chi connectivity index (χ0) is 22.9. The SMILES string of the molecule is Cc1ccc(N2C(=O)CC(C(=O)N3CCN(C(=O)c4ccco4)CC3)C2c2cccs2)cc1. The summed E-state index contributed by atoms with van der Waals surface area (Å²) in [6.45, 7) is 3.78. The number of rotatable bonds is 4. The van der Waals surface area contributed by atoms with E-state index in [0.717, 1.165) is 16.1 Å². The minimum Gasteiger partial charge on any atom is -0.459 e. The molecule has 0 aliphatic carbocycles. The molecule has 3 amide bonds. The number of carbonyl (C=O) groups excluding carboxylic acids is 3. The Labute approximate surface area is 196 Å². The minimum absolute atomic E-state index is 0.0264. The van der Waals surface area contributed by atoms with Gasteiger partial charge in [0, 0.05) is 43.2 Å². The molecule has 2 saturated heterocycles. The molecule has 2 unspecified atom stereocenters. The van der Waals surface area contributed by atoms with E-state index in [-0.39, 0.29) is 30.2 Å². The van der Waals surface area contributed by atoms with Gasteiger partial charge in [-0.2, -0.15) is 0 Å². The molecule has 2 aliphatic rings.